The van der Waals surface area contributed by atoms with Gasteiger partial charge in [-0.25, -0.2) is 4.39 Å². The quantitative estimate of drug-likeness (QED) is 0.913. The zero-order valence-electron chi connectivity index (χ0n) is 11.1. The lowest BCUT2D eigenvalue weighted by Crippen LogP contribution is -2.35. The van der Waals surface area contributed by atoms with Crippen LogP contribution in [0, 0.1) is 17.7 Å². The molecule has 1 saturated heterocycles. The van der Waals surface area contributed by atoms with Crippen LogP contribution in [-0.4, -0.2) is 19.1 Å². The maximum atomic E-state index is 13.5. The van der Waals surface area contributed by atoms with Crippen molar-refractivity contribution < 1.29 is 13.9 Å². The molecule has 3 rings (SSSR count). The highest BCUT2D eigenvalue weighted by Crippen LogP contribution is 2.42. The third kappa shape index (κ3) is 3.20. The summed E-state index contributed by atoms with van der Waals surface area (Å²) >= 11 is 3.31. The summed E-state index contributed by atoms with van der Waals surface area (Å²) in [5.74, 6) is 0.112. The smallest absolute Gasteiger partial charge is 0.226 e. The van der Waals surface area contributed by atoms with Crippen molar-refractivity contribution in [3.05, 3.63) is 34.1 Å². The second-order valence-corrected chi connectivity index (χ2v) is 6.50. The van der Waals surface area contributed by atoms with E-state index in [1.165, 1.54) is 12.1 Å². The number of halogens is 2. The van der Waals surface area contributed by atoms with Gasteiger partial charge in [0.2, 0.25) is 5.91 Å². The number of benzene rings is 1. The first kappa shape index (κ1) is 14.0. The predicted octanol–water partition coefficient (Wildman–Crippen LogP) is 3.19. The van der Waals surface area contributed by atoms with E-state index in [-0.39, 0.29) is 23.7 Å². The van der Waals surface area contributed by atoms with Crippen LogP contribution < -0.4 is 5.32 Å². The van der Waals surface area contributed by atoms with Crippen LogP contribution in [0.3, 0.4) is 0 Å². The van der Waals surface area contributed by atoms with Crippen LogP contribution >= 0.6 is 15.9 Å². The standard InChI is InChI=1S/C15H17BrFNO2/c16-12-5-11(6-13(17)7-12)14(9-1-2-9)18-15(19)10-3-4-20-8-10/h5-7,9-10,14H,1-4,8H2,(H,18,19)/t10-,14+/m0/s1. The zero-order chi connectivity index (χ0) is 14.1. The molecule has 1 aromatic carbocycles. The molecule has 108 valence electrons. The Morgan fingerprint density at radius 2 is 2.15 bits per heavy atom. The average Bonchev–Trinajstić information content (AvgIpc) is 3.07. The van der Waals surface area contributed by atoms with Gasteiger partial charge in [-0.05, 0) is 48.9 Å². The molecule has 0 bridgehead atoms. The fourth-order valence-corrected chi connectivity index (χ4v) is 3.15. The van der Waals surface area contributed by atoms with Crippen LogP contribution in [0.25, 0.3) is 0 Å². The molecule has 1 aliphatic heterocycles. The molecule has 0 spiro atoms. The van der Waals surface area contributed by atoms with Crippen molar-refractivity contribution in [3.63, 3.8) is 0 Å². The Morgan fingerprint density at radius 1 is 1.35 bits per heavy atom. The van der Waals surface area contributed by atoms with Gasteiger partial charge in [0.1, 0.15) is 5.82 Å². The highest BCUT2D eigenvalue weighted by atomic mass is 79.9. The van der Waals surface area contributed by atoms with Crippen LogP contribution in [-0.2, 0) is 9.53 Å². The second kappa shape index (κ2) is 5.82. The summed E-state index contributed by atoms with van der Waals surface area (Å²) in [6.45, 7) is 1.15. The second-order valence-electron chi connectivity index (χ2n) is 5.59. The molecule has 20 heavy (non-hydrogen) atoms. The van der Waals surface area contributed by atoms with Gasteiger partial charge >= 0.3 is 0 Å². The number of hydrogen-bond acceptors (Lipinski definition) is 2. The molecule has 3 nitrogen and oxygen atoms in total. The summed E-state index contributed by atoms with van der Waals surface area (Å²) in [6, 6.07) is 4.74. The number of ether oxygens (including phenoxy) is 1. The van der Waals surface area contributed by atoms with Crippen molar-refractivity contribution in [1.82, 2.24) is 5.32 Å². The fraction of sp³-hybridized carbons (Fsp3) is 0.533. The van der Waals surface area contributed by atoms with Gasteiger partial charge in [0.05, 0.1) is 18.6 Å². The van der Waals surface area contributed by atoms with Crippen LogP contribution in [0.1, 0.15) is 30.9 Å². The van der Waals surface area contributed by atoms with E-state index in [0.29, 0.717) is 23.6 Å². The number of nitrogens with one attached hydrogen (secondary N) is 1. The van der Waals surface area contributed by atoms with E-state index in [2.05, 4.69) is 21.2 Å². The van der Waals surface area contributed by atoms with Crippen molar-refractivity contribution in [1.29, 1.82) is 0 Å². The van der Waals surface area contributed by atoms with E-state index in [0.717, 1.165) is 24.8 Å². The molecule has 2 atom stereocenters. The maximum absolute atomic E-state index is 13.5. The van der Waals surface area contributed by atoms with Crippen molar-refractivity contribution in [2.45, 2.75) is 25.3 Å². The van der Waals surface area contributed by atoms with Gasteiger partial charge in [-0.15, -0.1) is 0 Å². The number of carbonyl (C=O) groups is 1. The topological polar surface area (TPSA) is 38.3 Å². The van der Waals surface area contributed by atoms with Crippen LogP contribution in [0.15, 0.2) is 22.7 Å². The Labute approximate surface area is 126 Å². The molecule has 2 fully saturated rings. The normalized spacial score (nSPS) is 23.6. The summed E-state index contributed by atoms with van der Waals surface area (Å²) in [5.41, 5.74) is 0.839. The van der Waals surface area contributed by atoms with Gasteiger partial charge in [0.15, 0.2) is 0 Å². The van der Waals surface area contributed by atoms with Crippen molar-refractivity contribution in [3.8, 4) is 0 Å². The van der Waals surface area contributed by atoms with Crippen molar-refractivity contribution in [2.24, 2.45) is 11.8 Å². The number of amides is 1. The molecule has 2 aliphatic rings. The highest BCUT2D eigenvalue weighted by molar-refractivity contribution is 9.10. The SMILES string of the molecule is O=C(N[C@@H](c1cc(F)cc(Br)c1)C1CC1)[C@H]1CCOC1. The van der Waals surface area contributed by atoms with Crippen LogP contribution in [0.5, 0.6) is 0 Å². The summed E-state index contributed by atoms with van der Waals surface area (Å²) in [4.78, 5) is 12.2. The summed E-state index contributed by atoms with van der Waals surface area (Å²) < 4.78 is 19.5. The lowest BCUT2D eigenvalue weighted by atomic mass is 10.0. The van der Waals surface area contributed by atoms with E-state index in [1.54, 1.807) is 0 Å². The molecule has 0 radical (unpaired) electrons. The van der Waals surface area contributed by atoms with Gasteiger partial charge in [-0.2, -0.15) is 0 Å². The van der Waals surface area contributed by atoms with Crippen LogP contribution in [0.4, 0.5) is 4.39 Å². The van der Waals surface area contributed by atoms with E-state index in [1.807, 2.05) is 6.07 Å². The summed E-state index contributed by atoms with van der Waals surface area (Å²) in [6.07, 6.45) is 2.94. The Kier molecular flexibility index (Phi) is 4.08. The van der Waals surface area contributed by atoms with Gasteiger partial charge < -0.3 is 10.1 Å². The molecule has 0 unspecified atom stereocenters. The third-order valence-electron chi connectivity index (χ3n) is 3.94. The monoisotopic (exact) mass is 341 g/mol. The minimum Gasteiger partial charge on any atom is -0.381 e. The van der Waals surface area contributed by atoms with E-state index < -0.39 is 0 Å². The molecule has 1 heterocycles. The molecule has 1 N–H and O–H groups in total. The molecule has 0 aromatic heterocycles. The number of carbonyl (C=O) groups excluding carboxylic acids is 1. The average molecular weight is 342 g/mol. The highest BCUT2D eigenvalue weighted by Gasteiger charge is 2.35. The molecular weight excluding hydrogens is 325 g/mol. The van der Waals surface area contributed by atoms with E-state index in [9.17, 15) is 9.18 Å². The predicted molar refractivity (Wildman–Crippen MR) is 76.6 cm³/mol. The molecule has 1 amide bonds. The Bertz CT molecular complexity index is 492. The fourth-order valence-electron chi connectivity index (χ4n) is 2.67. The van der Waals surface area contributed by atoms with E-state index >= 15 is 0 Å². The zero-order valence-corrected chi connectivity index (χ0v) is 12.7. The molecular formula is C15H17BrFNO2. The number of hydrogen-bond donors (Lipinski definition) is 1. The molecule has 1 saturated carbocycles. The van der Waals surface area contributed by atoms with Crippen molar-refractivity contribution >= 4 is 21.8 Å². The minimum absolute atomic E-state index is 0.0276. The molecule has 5 heteroatoms. The van der Waals surface area contributed by atoms with Crippen molar-refractivity contribution in [2.75, 3.05) is 13.2 Å². The third-order valence-corrected chi connectivity index (χ3v) is 4.39. The van der Waals surface area contributed by atoms with Gasteiger partial charge in [0, 0.05) is 11.1 Å². The first-order valence-corrected chi connectivity index (χ1v) is 7.77. The Hall–Kier alpha value is -0.940. The first-order valence-electron chi connectivity index (χ1n) is 6.97. The number of rotatable bonds is 4. The van der Waals surface area contributed by atoms with E-state index in [4.69, 9.17) is 4.74 Å². The van der Waals surface area contributed by atoms with Crippen LogP contribution in [0.2, 0.25) is 0 Å². The lowest BCUT2D eigenvalue weighted by Gasteiger charge is -2.21. The largest absolute Gasteiger partial charge is 0.381 e. The van der Waals surface area contributed by atoms with Gasteiger partial charge in [-0.3, -0.25) is 4.79 Å². The van der Waals surface area contributed by atoms with Gasteiger partial charge in [-0.1, -0.05) is 15.9 Å². The Morgan fingerprint density at radius 3 is 2.75 bits per heavy atom. The lowest BCUT2D eigenvalue weighted by molar-refractivity contribution is -0.125. The summed E-state index contributed by atoms with van der Waals surface area (Å²) in [5, 5.41) is 3.09. The summed E-state index contributed by atoms with van der Waals surface area (Å²) in [7, 11) is 0. The van der Waals surface area contributed by atoms with Gasteiger partial charge in [0.25, 0.3) is 0 Å². The minimum atomic E-state index is -0.279. The first-order chi connectivity index (χ1) is 9.63. The molecule has 1 aliphatic carbocycles. The maximum Gasteiger partial charge on any atom is 0.226 e. The Balaban J connectivity index is 1.76. The molecule has 1 aromatic rings.